The molecule has 5 nitrogen and oxygen atoms in total. The predicted molar refractivity (Wildman–Crippen MR) is 103 cm³/mol. The van der Waals surface area contributed by atoms with Gasteiger partial charge in [0.05, 0.1) is 5.02 Å². The zero-order valence-electron chi connectivity index (χ0n) is 14.3. The average Bonchev–Trinajstić information content (AvgIpc) is 3.01. The van der Waals surface area contributed by atoms with Crippen LogP contribution in [-0.4, -0.2) is 21.7 Å². The monoisotopic (exact) mass is 377 g/mol. The smallest absolute Gasteiger partial charge is 0.255 e. The quantitative estimate of drug-likeness (QED) is 0.745. The van der Waals surface area contributed by atoms with Crippen molar-refractivity contribution in [1.29, 1.82) is 0 Å². The summed E-state index contributed by atoms with van der Waals surface area (Å²) >= 11 is 6.12. The first-order valence-corrected chi connectivity index (χ1v) is 8.88. The molecule has 0 radical (unpaired) electrons. The first kappa shape index (κ1) is 17.2. The molecule has 2 heterocycles. The zero-order chi connectivity index (χ0) is 18.8. The Bertz CT molecular complexity index is 1010. The first-order chi connectivity index (χ1) is 13.1. The Kier molecular flexibility index (Phi) is 4.60. The minimum Gasteiger partial charge on any atom is -0.318 e. The van der Waals surface area contributed by atoms with E-state index < -0.39 is 6.04 Å². The maximum atomic E-state index is 13.1. The molecule has 0 saturated carbocycles. The van der Waals surface area contributed by atoms with Crippen LogP contribution in [0, 0.1) is 0 Å². The molecule has 2 aromatic carbocycles. The Balaban J connectivity index is 1.70. The summed E-state index contributed by atoms with van der Waals surface area (Å²) in [7, 11) is 0. The summed E-state index contributed by atoms with van der Waals surface area (Å²) < 4.78 is 0. The highest BCUT2D eigenvalue weighted by molar-refractivity contribution is 6.33. The lowest BCUT2D eigenvalue weighted by molar-refractivity contribution is -0.120. The number of hydrogen-bond donors (Lipinski definition) is 1. The molecule has 1 aromatic heterocycles. The fraction of sp³-hybridized carbons (Fsp3) is 0.0952. The number of fused-ring (bicyclic) bond motifs is 1. The Morgan fingerprint density at radius 3 is 2.52 bits per heavy atom. The number of nitrogens with one attached hydrogen (secondary N) is 1. The SMILES string of the molecule is O=C(Nc1ncccc1Cl)[C@@H](c1ccccc1)N1Cc2ccccc2C1=O. The second kappa shape index (κ2) is 7.21. The number of nitrogens with zero attached hydrogens (tertiary/aromatic N) is 2. The molecule has 0 saturated heterocycles. The molecule has 0 bridgehead atoms. The molecular formula is C21H16ClN3O2. The minimum absolute atomic E-state index is 0.165. The van der Waals surface area contributed by atoms with Crippen LogP contribution in [0.5, 0.6) is 0 Å². The van der Waals surface area contributed by atoms with Gasteiger partial charge in [-0.1, -0.05) is 60.1 Å². The Hall–Kier alpha value is -3.18. The highest BCUT2D eigenvalue weighted by atomic mass is 35.5. The van der Waals surface area contributed by atoms with Crippen molar-refractivity contribution in [3.05, 3.63) is 94.6 Å². The van der Waals surface area contributed by atoms with Crippen molar-refractivity contribution in [3.63, 3.8) is 0 Å². The van der Waals surface area contributed by atoms with E-state index in [0.717, 1.165) is 11.1 Å². The van der Waals surface area contributed by atoms with E-state index in [-0.39, 0.29) is 17.6 Å². The highest BCUT2D eigenvalue weighted by Gasteiger charge is 2.37. The molecular weight excluding hydrogens is 362 g/mol. The van der Waals surface area contributed by atoms with Gasteiger partial charge in [0.1, 0.15) is 6.04 Å². The van der Waals surface area contributed by atoms with Gasteiger partial charge in [0.25, 0.3) is 11.8 Å². The number of halogens is 1. The number of aromatic nitrogens is 1. The minimum atomic E-state index is -0.788. The van der Waals surface area contributed by atoms with Crippen LogP contribution < -0.4 is 5.32 Å². The van der Waals surface area contributed by atoms with Crippen molar-refractivity contribution in [2.75, 3.05) is 5.32 Å². The van der Waals surface area contributed by atoms with E-state index in [0.29, 0.717) is 17.1 Å². The number of benzene rings is 2. The highest BCUT2D eigenvalue weighted by Crippen LogP contribution is 2.32. The van der Waals surface area contributed by atoms with E-state index in [1.165, 1.54) is 0 Å². The lowest BCUT2D eigenvalue weighted by atomic mass is 10.0. The van der Waals surface area contributed by atoms with Gasteiger partial charge in [0.15, 0.2) is 5.82 Å². The molecule has 3 aromatic rings. The van der Waals surface area contributed by atoms with Crippen LogP contribution in [0.2, 0.25) is 5.02 Å². The van der Waals surface area contributed by atoms with Crippen LogP contribution in [0.25, 0.3) is 0 Å². The van der Waals surface area contributed by atoms with E-state index in [1.54, 1.807) is 29.3 Å². The van der Waals surface area contributed by atoms with Crippen molar-refractivity contribution in [3.8, 4) is 0 Å². The molecule has 0 spiro atoms. The van der Waals surface area contributed by atoms with E-state index in [1.807, 2.05) is 48.5 Å². The van der Waals surface area contributed by atoms with Crippen LogP contribution in [0.1, 0.15) is 27.5 Å². The third kappa shape index (κ3) is 3.29. The summed E-state index contributed by atoms with van der Waals surface area (Å²) in [5, 5.41) is 3.10. The zero-order valence-corrected chi connectivity index (χ0v) is 15.1. The summed E-state index contributed by atoms with van der Waals surface area (Å²) in [5.74, 6) is -0.251. The van der Waals surface area contributed by atoms with Crippen molar-refractivity contribution in [1.82, 2.24) is 9.88 Å². The summed E-state index contributed by atoms with van der Waals surface area (Å²) in [6, 6.07) is 19.2. The fourth-order valence-electron chi connectivity index (χ4n) is 3.26. The van der Waals surface area contributed by atoms with E-state index in [4.69, 9.17) is 11.6 Å². The molecule has 134 valence electrons. The summed E-state index contributed by atoms with van der Waals surface area (Å²) in [6.45, 7) is 0.373. The Labute approximate surface area is 161 Å². The van der Waals surface area contributed by atoms with Gasteiger partial charge in [0.2, 0.25) is 0 Å². The largest absolute Gasteiger partial charge is 0.318 e. The van der Waals surface area contributed by atoms with Crippen LogP contribution in [0.3, 0.4) is 0 Å². The molecule has 6 heteroatoms. The first-order valence-electron chi connectivity index (χ1n) is 8.50. The van der Waals surface area contributed by atoms with E-state index in [2.05, 4.69) is 10.3 Å². The van der Waals surface area contributed by atoms with Crippen LogP contribution in [0.15, 0.2) is 72.9 Å². The third-order valence-electron chi connectivity index (χ3n) is 4.52. The van der Waals surface area contributed by atoms with Gasteiger partial charge in [-0.25, -0.2) is 4.98 Å². The van der Waals surface area contributed by atoms with Crippen molar-refractivity contribution in [2.24, 2.45) is 0 Å². The molecule has 1 N–H and O–H groups in total. The molecule has 0 aliphatic carbocycles. The van der Waals surface area contributed by atoms with E-state index in [9.17, 15) is 9.59 Å². The van der Waals surface area contributed by atoms with Gasteiger partial charge >= 0.3 is 0 Å². The van der Waals surface area contributed by atoms with Crippen LogP contribution in [-0.2, 0) is 11.3 Å². The van der Waals surface area contributed by atoms with Gasteiger partial charge in [-0.3, -0.25) is 9.59 Å². The number of amides is 2. The Morgan fingerprint density at radius 1 is 1.04 bits per heavy atom. The molecule has 1 aliphatic heterocycles. The Morgan fingerprint density at radius 2 is 1.78 bits per heavy atom. The molecule has 1 atom stereocenters. The number of carbonyl (C=O) groups excluding carboxylic acids is 2. The average molecular weight is 378 g/mol. The number of anilines is 1. The van der Waals surface area contributed by atoms with Gasteiger partial charge in [-0.2, -0.15) is 0 Å². The number of pyridine rings is 1. The van der Waals surface area contributed by atoms with Crippen LogP contribution >= 0.6 is 11.6 Å². The van der Waals surface area contributed by atoms with Gasteiger partial charge in [-0.15, -0.1) is 0 Å². The van der Waals surface area contributed by atoms with Gasteiger partial charge in [0, 0.05) is 18.3 Å². The lowest BCUT2D eigenvalue weighted by Crippen LogP contribution is -2.37. The second-order valence-electron chi connectivity index (χ2n) is 6.23. The number of hydrogen-bond acceptors (Lipinski definition) is 3. The predicted octanol–water partition coefficient (Wildman–Crippen LogP) is 4.07. The topological polar surface area (TPSA) is 62.3 Å². The lowest BCUT2D eigenvalue weighted by Gasteiger charge is -2.27. The maximum Gasteiger partial charge on any atom is 0.255 e. The molecule has 1 aliphatic rings. The second-order valence-corrected chi connectivity index (χ2v) is 6.63. The van der Waals surface area contributed by atoms with Crippen LogP contribution in [0.4, 0.5) is 5.82 Å². The third-order valence-corrected chi connectivity index (χ3v) is 4.83. The number of rotatable bonds is 4. The van der Waals surface area contributed by atoms with Crippen molar-refractivity contribution < 1.29 is 9.59 Å². The van der Waals surface area contributed by atoms with Gasteiger partial charge in [-0.05, 0) is 29.3 Å². The summed E-state index contributed by atoms with van der Waals surface area (Å²) in [4.78, 5) is 31.8. The molecule has 27 heavy (non-hydrogen) atoms. The number of carbonyl (C=O) groups is 2. The maximum absolute atomic E-state index is 13.1. The fourth-order valence-corrected chi connectivity index (χ4v) is 3.43. The molecule has 0 unspecified atom stereocenters. The van der Waals surface area contributed by atoms with E-state index >= 15 is 0 Å². The van der Waals surface area contributed by atoms with Gasteiger partial charge < -0.3 is 10.2 Å². The molecule has 0 fully saturated rings. The summed E-state index contributed by atoms with van der Waals surface area (Å²) in [6.07, 6.45) is 1.55. The normalized spacial score (nSPS) is 14.0. The molecule has 4 rings (SSSR count). The summed E-state index contributed by atoms with van der Waals surface area (Å²) in [5.41, 5.74) is 2.26. The standard InChI is InChI=1S/C21H16ClN3O2/c22-17-11-6-12-23-19(17)24-20(26)18(14-7-2-1-3-8-14)25-13-15-9-4-5-10-16(15)21(25)27/h1-12,18H,13H2,(H,23,24,26)/t18-/m1/s1. The van der Waals surface area contributed by atoms with Crippen molar-refractivity contribution >= 4 is 29.2 Å². The molecule has 2 amide bonds. The van der Waals surface area contributed by atoms with Crippen molar-refractivity contribution in [2.45, 2.75) is 12.6 Å².